The molecule has 3 rings (SSSR count). The number of anilines is 1. The Morgan fingerprint density at radius 3 is 2.83 bits per heavy atom. The molecule has 122 valence electrons. The summed E-state index contributed by atoms with van der Waals surface area (Å²) in [5.74, 6) is 0. The van der Waals surface area contributed by atoms with E-state index in [1.54, 1.807) is 11.3 Å². The van der Waals surface area contributed by atoms with E-state index < -0.39 is 5.60 Å². The minimum Gasteiger partial charge on any atom is -0.388 e. The van der Waals surface area contributed by atoms with Gasteiger partial charge in [-0.15, -0.1) is 11.3 Å². The van der Waals surface area contributed by atoms with E-state index in [-0.39, 0.29) is 12.6 Å². The second kappa shape index (κ2) is 7.12. The van der Waals surface area contributed by atoms with Crippen LogP contribution in [0.2, 0.25) is 0 Å². The zero-order valence-electron chi connectivity index (χ0n) is 12.7. The summed E-state index contributed by atoms with van der Waals surface area (Å²) >= 11 is 1.66. The van der Waals surface area contributed by atoms with Crippen LogP contribution in [0, 0.1) is 0 Å². The quantitative estimate of drug-likeness (QED) is 0.806. The molecular formula is C17H20N2O3S. The highest BCUT2D eigenvalue weighted by Gasteiger charge is 2.30. The van der Waals surface area contributed by atoms with Crippen LogP contribution in [0.25, 0.3) is 10.4 Å². The zero-order valence-corrected chi connectivity index (χ0v) is 13.6. The molecule has 2 aromatic rings. The Balaban J connectivity index is 1.56. The van der Waals surface area contributed by atoms with E-state index in [0.29, 0.717) is 26.1 Å². The molecule has 2 amide bonds. The molecule has 2 heterocycles. The first-order valence-corrected chi connectivity index (χ1v) is 8.52. The van der Waals surface area contributed by atoms with Gasteiger partial charge in [0.15, 0.2) is 0 Å². The summed E-state index contributed by atoms with van der Waals surface area (Å²) in [6.07, 6.45) is 1.09. The highest BCUT2D eigenvalue weighted by Crippen LogP contribution is 2.26. The van der Waals surface area contributed by atoms with Crippen LogP contribution in [0.3, 0.4) is 0 Å². The van der Waals surface area contributed by atoms with Crippen molar-refractivity contribution in [3.63, 3.8) is 0 Å². The van der Waals surface area contributed by atoms with Gasteiger partial charge in [0, 0.05) is 43.2 Å². The Labute approximate surface area is 139 Å². The van der Waals surface area contributed by atoms with Gasteiger partial charge in [-0.05, 0) is 29.1 Å². The molecule has 1 aliphatic heterocycles. The smallest absolute Gasteiger partial charge is 0.319 e. The van der Waals surface area contributed by atoms with E-state index in [4.69, 9.17) is 4.74 Å². The molecule has 0 bridgehead atoms. The fourth-order valence-electron chi connectivity index (χ4n) is 2.54. The molecule has 1 aromatic heterocycles. The third kappa shape index (κ3) is 4.31. The molecule has 1 saturated heterocycles. The van der Waals surface area contributed by atoms with Crippen LogP contribution in [-0.2, 0) is 4.74 Å². The van der Waals surface area contributed by atoms with E-state index in [9.17, 15) is 9.90 Å². The molecular weight excluding hydrogens is 312 g/mol. The zero-order chi connectivity index (χ0) is 16.1. The maximum atomic E-state index is 12.0. The number of aliphatic hydroxyl groups is 1. The largest absolute Gasteiger partial charge is 0.388 e. The van der Waals surface area contributed by atoms with Crippen LogP contribution in [0.15, 0.2) is 41.8 Å². The first-order chi connectivity index (χ1) is 11.1. The molecule has 6 heteroatoms. The molecule has 0 saturated carbocycles. The van der Waals surface area contributed by atoms with Gasteiger partial charge in [-0.3, -0.25) is 0 Å². The summed E-state index contributed by atoms with van der Waals surface area (Å²) in [4.78, 5) is 13.2. The van der Waals surface area contributed by atoms with Crippen molar-refractivity contribution in [1.82, 2.24) is 5.32 Å². The molecule has 1 aliphatic rings. The molecule has 1 aromatic carbocycles. The van der Waals surface area contributed by atoms with Crippen molar-refractivity contribution in [1.29, 1.82) is 0 Å². The lowest BCUT2D eigenvalue weighted by molar-refractivity contribution is -0.0598. The number of rotatable bonds is 4. The molecule has 5 nitrogen and oxygen atoms in total. The molecule has 0 spiro atoms. The summed E-state index contributed by atoms with van der Waals surface area (Å²) in [6, 6.07) is 11.4. The number of hydrogen-bond acceptors (Lipinski definition) is 4. The lowest BCUT2D eigenvalue weighted by atomic mass is 9.94. The number of urea groups is 1. The highest BCUT2D eigenvalue weighted by molar-refractivity contribution is 7.13. The Morgan fingerprint density at radius 1 is 1.26 bits per heavy atom. The molecule has 0 unspecified atom stereocenters. The topological polar surface area (TPSA) is 70.6 Å². The van der Waals surface area contributed by atoms with Crippen molar-refractivity contribution in [3.05, 3.63) is 41.8 Å². The van der Waals surface area contributed by atoms with Gasteiger partial charge in [-0.25, -0.2) is 4.79 Å². The van der Waals surface area contributed by atoms with E-state index in [0.717, 1.165) is 16.1 Å². The fraction of sp³-hybridized carbons (Fsp3) is 0.353. The van der Waals surface area contributed by atoms with Crippen molar-refractivity contribution in [2.75, 3.05) is 25.1 Å². The third-order valence-corrected chi connectivity index (χ3v) is 4.85. The normalized spacial score (nSPS) is 16.7. The first kappa shape index (κ1) is 16.0. The fourth-order valence-corrected chi connectivity index (χ4v) is 3.27. The van der Waals surface area contributed by atoms with Crippen LogP contribution in [0.4, 0.5) is 10.5 Å². The number of carbonyl (C=O) groups is 1. The Bertz CT molecular complexity index is 652. The van der Waals surface area contributed by atoms with Crippen molar-refractivity contribution in [2.45, 2.75) is 18.4 Å². The molecule has 3 N–H and O–H groups in total. The van der Waals surface area contributed by atoms with Crippen molar-refractivity contribution in [3.8, 4) is 10.4 Å². The maximum Gasteiger partial charge on any atom is 0.319 e. The van der Waals surface area contributed by atoms with E-state index in [1.165, 1.54) is 0 Å². The monoisotopic (exact) mass is 332 g/mol. The summed E-state index contributed by atoms with van der Waals surface area (Å²) < 4.78 is 5.23. The second-order valence-electron chi connectivity index (χ2n) is 5.70. The minimum absolute atomic E-state index is 0.229. The van der Waals surface area contributed by atoms with Gasteiger partial charge in [0.2, 0.25) is 0 Å². The predicted octanol–water partition coefficient (Wildman–Crippen LogP) is 3.08. The van der Waals surface area contributed by atoms with Crippen molar-refractivity contribution in [2.24, 2.45) is 0 Å². The first-order valence-electron chi connectivity index (χ1n) is 7.64. The van der Waals surface area contributed by atoms with Crippen LogP contribution in [0.1, 0.15) is 12.8 Å². The number of thiophene rings is 1. The number of ether oxygens (including phenoxy) is 1. The van der Waals surface area contributed by atoms with Gasteiger partial charge in [-0.2, -0.15) is 0 Å². The molecule has 0 atom stereocenters. The number of hydrogen-bond donors (Lipinski definition) is 3. The second-order valence-corrected chi connectivity index (χ2v) is 6.65. The van der Waals surface area contributed by atoms with Crippen LogP contribution < -0.4 is 10.6 Å². The van der Waals surface area contributed by atoms with Gasteiger partial charge >= 0.3 is 6.03 Å². The minimum atomic E-state index is -0.867. The molecule has 1 fully saturated rings. The predicted molar refractivity (Wildman–Crippen MR) is 91.8 cm³/mol. The molecule has 0 aliphatic carbocycles. The Morgan fingerprint density at radius 2 is 2.09 bits per heavy atom. The van der Waals surface area contributed by atoms with Gasteiger partial charge < -0.3 is 20.5 Å². The number of nitrogens with one attached hydrogen (secondary N) is 2. The van der Waals surface area contributed by atoms with Crippen molar-refractivity contribution >= 4 is 23.1 Å². The molecule has 0 radical (unpaired) electrons. The van der Waals surface area contributed by atoms with Gasteiger partial charge in [0.1, 0.15) is 0 Å². The Kier molecular flexibility index (Phi) is 4.95. The van der Waals surface area contributed by atoms with Gasteiger partial charge in [-0.1, -0.05) is 18.2 Å². The molecule has 23 heavy (non-hydrogen) atoms. The van der Waals surface area contributed by atoms with Crippen LogP contribution >= 0.6 is 11.3 Å². The van der Waals surface area contributed by atoms with Gasteiger partial charge in [0.05, 0.1) is 5.60 Å². The van der Waals surface area contributed by atoms with Crippen LogP contribution in [0.5, 0.6) is 0 Å². The highest BCUT2D eigenvalue weighted by atomic mass is 32.1. The average Bonchev–Trinajstić information content (AvgIpc) is 3.09. The average molecular weight is 332 g/mol. The number of carbonyl (C=O) groups excluding carboxylic acids is 1. The summed E-state index contributed by atoms with van der Waals surface area (Å²) in [5.41, 5.74) is 0.933. The lowest BCUT2D eigenvalue weighted by Crippen LogP contribution is -2.47. The third-order valence-electron chi connectivity index (χ3n) is 3.93. The van der Waals surface area contributed by atoms with E-state index >= 15 is 0 Å². The van der Waals surface area contributed by atoms with Gasteiger partial charge in [0.25, 0.3) is 0 Å². The number of benzene rings is 1. The van der Waals surface area contributed by atoms with E-state index in [1.807, 2.05) is 41.8 Å². The summed E-state index contributed by atoms with van der Waals surface area (Å²) in [7, 11) is 0. The van der Waals surface area contributed by atoms with Crippen LogP contribution in [-0.4, -0.2) is 36.5 Å². The Hall–Kier alpha value is -1.89. The SMILES string of the molecule is O=C(NCC1(O)CCOCC1)Nc1cccc(-c2cccs2)c1. The summed E-state index contributed by atoms with van der Waals surface area (Å²) in [5, 5.41) is 17.9. The lowest BCUT2D eigenvalue weighted by Gasteiger charge is -2.32. The standard InChI is InChI=1S/C17H20N2O3S/c20-16(18-12-17(21)6-8-22-9-7-17)19-14-4-1-3-13(11-14)15-5-2-10-23-15/h1-5,10-11,21H,6-9,12H2,(H2,18,19,20). The number of amides is 2. The summed E-state index contributed by atoms with van der Waals surface area (Å²) in [6.45, 7) is 1.29. The van der Waals surface area contributed by atoms with E-state index in [2.05, 4.69) is 10.6 Å². The maximum absolute atomic E-state index is 12.0. The van der Waals surface area contributed by atoms with Crippen molar-refractivity contribution < 1.29 is 14.6 Å².